The second-order valence-electron chi connectivity index (χ2n) is 3.43. The predicted octanol–water partition coefficient (Wildman–Crippen LogP) is 3.20. The minimum Gasteiger partial charge on any atom is -0.294 e. The summed E-state index contributed by atoms with van der Waals surface area (Å²) in [6.07, 6.45) is 0. The molecule has 0 aliphatic heterocycles. The lowest BCUT2D eigenvalue weighted by Crippen LogP contribution is -2.14. The molecule has 2 rings (SSSR count). The molecule has 4 heteroatoms. The summed E-state index contributed by atoms with van der Waals surface area (Å²) < 4.78 is 0. The van der Waals surface area contributed by atoms with Gasteiger partial charge in [-0.3, -0.25) is 4.98 Å². The summed E-state index contributed by atoms with van der Waals surface area (Å²) in [4.78, 5) is 21.5. The van der Waals surface area contributed by atoms with E-state index in [0.717, 1.165) is 5.56 Å². The Morgan fingerprint density at radius 2 is 1.55 bits per heavy atom. The second-order valence-corrected chi connectivity index (χ2v) is 3.43. The van der Waals surface area contributed by atoms with E-state index in [1.54, 1.807) is 6.92 Å². The van der Waals surface area contributed by atoms with E-state index in [-0.39, 0.29) is 5.69 Å². The summed E-state index contributed by atoms with van der Waals surface area (Å²) in [6, 6.07) is 9.41. The lowest BCUT2D eigenvalue weighted by atomic mass is 10.2. The number of aryl methyl sites for hydroxylation is 1. The topological polar surface area (TPSA) is 58.6 Å². The van der Waals surface area contributed by atoms with E-state index in [1.165, 1.54) is 0 Å². The normalized spacial score (nSPS) is 8.05. The van der Waals surface area contributed by atoms with Crippen LogP contribution in [0, 0.1) is 18.8 Å². The van der Waals surface area contributed by atoms with Crippen molar-refractivity contribution in [2.24, 2.45) is 0 Å². The number of rotatable bonds is 1. The molecule has 0 aliphatic carbocycles. The zero-order valence-corrected chi connectivity index (χ0v) is 12.7. The third kappa shape index (κ3) is 6.50. The number of H-pyrrole nitrogens is 1. The van der Waals surface area contributed by atoms with Gasteiger partial charge in [-0.05, 0) is 20.8 Å². The maximum Gasteiger partial charge on any atom is 0.348 e. The molecule has 4 nitrogen and oxygen atoms in total. The summed E-state index contributed by atoms with van der Waals surface area (Å²) >= 11 is 0. The number of hydrogen-bond donors (Lipinski definition) is 1. The molecule has 1 heterocycles. The Balaban J connectivity index is 0.000000521. The van der Waals surface area contributed by atoms with Crippen LogP contribution in [0.2, 0.25) is 0 Å². The average molecular weight is 271 g/mol. The molecule has 0 saturated heterocycles. The van der Waals surface area contributed by atoms with Gasteiger partial charge in [0.25, 0.3) is 0 Å². The first-order valence-electron chi connectivity index (χ1n) is 6.51. The van der Waals surface area contributed by atoms with Gasteiger partial charge in [-0.25, -0.2) is 9.78 Å². The van der Waals surface area contributed by atoms with Gasteiger partial charge in [0.1, 0.15) is 5.82 Å². The second kappa shape index (κ2) is 10.5. The molecule has 0 atom stereocenters. The third-order valence-corrected chi connectivity index (χ3v) is 2.05. The summed E-state index contributed by atoms with van der Waals surface area (Å²) in [7, 11) is 0. The van der Waals surface area contributed by atoms with Crippen LogP contribution >= 0.6 is 0 Å². The molecule has 0 unspecified atom stereocenters. The van der Waals surface area contributed by atoms with E-state index in [2.05, 4.69) is 26.8 Å². The standard InChI is InChI=1S/C10H9N3O.C4H6.C2H6/c1-7-11-9(13-10(14)12-7)8-5-3-2-4-6-8;1-3-4-2;1-2/h2-6H,1H3,(H,11,12,13,14);1-2H3;1-2H3. The van der Waals surface area contributed by atoms with Gasteiger partial charge in [0, 0.05) is 5.56 Å². The van der Waals surface area contributed by atoms with Crippen LogP contribution in [0.25, 0.3) is 11.4 Å². The van der Waals surface area contributed by atoms with Crippen LogP contribution in [-0.2, 0) is 0 Å². The van der Waals surface area contributed by atoms with E-state index in [9.17, 15) is 4.79 Å². The maximum absolute atomic E-state index is 11.1. The fraction of sp³-hybridized carbons (Fsp3) is 0.312. The molecule has 0 aliphatic rings. The van der Waals surface area contributed by atoms with E-state index in [1.807, 2.05) is 58.0 Å². The van der Waals surface area contributed by atoms with Crippen molar-refractivity contribution in [2.45, 2.75) is 34.6 Å². The van der Waals surface area contributed by atoms with Crippen LogP contribution in [0.5, 0.6) is 0 Å². The molecule has 0 saturated carbocycles. The van der Waals surface area contributed by atoms with E-state index < -0.39 is 0 Å². The molecule has 1 N–H and O–H groups in total. The zero-order chi connectivity index (χ0) is 15.4. The van der Waals surface area contributed by atoms with Crippen molar-refractivity contribution in [1.82, 2.24) is 15.0 Å². The number of nitrogens with zero attached hydrogens (tertiary/aromatic N) is 2. The van der Waals surface area contributed by atoms with Gasteiger partial charge in [-0.2, -0.15) is 4.98 Å². The summed E-state index contributed by atoms with van der Waals surface area (Å²) in [5.74, 6) is 6.40. The molecular weight excluding hydrogens is 250 g/mol. The highest BCUT2D eigenvalue weighted by atomic mass is 16.1. The highest BCUT2D eigenvalue weighted by Gasteiger charge is 2.01. The summed E-state index contributed by atoms with van der Waals surface area (Å²) in [5.41, 5.74) is 0.484. The van der Waals surface area contributed by atoms with Gasteiger partial charge < -0.3 is 0 Å². The SMILES string of the molecule is CC.CC#CC.Cc1nc(-c2ccccc2)nc(=O)[nH]1. The smallest absolute Gasteiger partial charge is 0.294 e. The highest BCUT2D eigenvalue weighted by Crippen LogP contribution is 2.11. The van der Waals surface area contributed by atoms with E-state index in [4.69, 9.17) is 0 Å². The molecule has 20 heavy (non-hydrogen) atoms. The molecule has 1 aromatic carbocycles. The Morgan fingerprint density at radius 1 is 1.00 bits per heavy atom. The van der Waals surface area contributed by atoms with Crippen LogP contribution in [-0.4, -0.2) is 15.0 Å². The number of aromatic nitrogens is 3. The maximum atomic E-state index is 11.1. The highest BCUT2D eigenvalue weighted by molar-refractivity contribution is 5.53. The lowest BCUT2D eigenvalue weighted by Gasteiger charge is -1.98. The van der Waals surface area contributed by atoms with Crippen LogP contribution in [0.1, 0.15) is 33.5 Å². The minimum atomic E-state index is -0.364. The monoisotopic (exact) mass is 271 g/mol. The van der Waals surface area contributed by atoms with Gasteiger partial charge in [0.15, 0.2) is 5.82 Å². The number of hydrogen-bond acceptors (Lipinski definition) is 3. The third-order valence-electron chi connectivity index (χ3n) is 2.05. The lowest BCUT2D eigenvalue weighted by molar-refractivity contribution is 0.935. The van der Waals surface area contributed by atoms with Crippen LogP contribution in [0.3, 0.4) is 0 Å². The van der Waals surface area contributed by atoms with E-state index in [0.29, 0.717) is 11.6 Å². The van der Waals surface area contributed by atoms with Crippen molar-refractivity contribution in [1.29, 1.82) is 0 Å². The van der Waals surface area contributed by atoms with Crippen molar-refractivity contribution >= 4 is 0 Å². The first kappa shape index (κ1) is 17.6. The Kier molecular flexibility index (Phi) is 9.24. The van der Waals surface area contributed by atoms with Crippen LogP contribution in [0.15, 0.2) is 35.1 Å². The molecule has 2 aromatic rings. The number of benzene rings is 1. The summed E-state index contributed by atoms with van der Waals surface area (Å²) in [6.45, 7) is 9.37. The molecule has 0 spiro atoms. The molecular formula is C16H21N3O. The van der Waals surface area contributed by atoms with Gasteiger partial charge in [0.05, 0.1) is 0 Å². The van der Waals surface area contributed by atoms with Crippen molar-refractivity contribution in [3.8, 4) is 23.2 Å². The molecule has 106 valence electrons. The molecule has 0 amide bonds. The first-order chi connectivity index (χ1) is 9.67. The number of aromatic amines is 1. The molecule has 0 radical (unpaired) electrons. The van der Waals surface area contributed by atoms with Crippen molar-refractivity contribution in [2.75, 3.05) is 0 Å². The van der Waals surface area contributed by atoms with Gasteiger partial charge in [0.2, 0.25) is 0 Å². The van der Waals surface area contributed by atoms with Crippen molar-refractivity contribution in [3.63, 3.8) is 0 Å². The number of nitrogens with one attached hydrogen (secondary N) is 1. The fourth-order valence-electron chi connectivity index (χ4n) is 1.21. The molecule has 0 fully saturated rings. The van der Waals surface area contributed by atoms with Gasteiger partial charge in [-0.1, -0.05) is 44.2 Å². The Bertz CT molecular complexity index is 601. The largest absolute Gasteiger partial charge is 0.348 e. The van der Waals surface area contributed by atoms with Crippen molar-refractivity contribution in [3.05, 3.63) is 46.6 Å². The van der Waals surface area contributed by atoms with Gasteiger partial charge >= 0.3 is 5.69 Å². The van der Waals surface area contributed by atoms with Crippen LogP contribution in [0.4, 0.5) is 0 Å². The molecule has 1 aromatic heterocycles. The van der Waals surface area contributed by atoms with Crippen molar-refractivity contribution < 1.29 is 0 Å². The first-order valence-corrected chi connectivity index (χ1v) is 6.51. The minimum absolute atomic E-state index is 0.364. The predicted molar refractivity (Wildman–Crippen MR) is 83.3 cm³/mol. The Hall–Kier alpha value is -2.41. The van der Waals surface area contributed by atoms with Crippen LogP contribution < -0.4 is 5.69 Å². The molecule has 0 bridgehead atoms. The fourth-order valence-corrected chi connectivity index (χ4v) is 1.21. The zero-order valence-electron chi connectivity index (χ0n) is 12.7. The van der Waals surface area contributed by atoms with E-state index >= 15 is 0 Å². The Labute approximate surface area is 120 Å². The Morgan fingerprint density at radius 3 is 2.00 bits per heavy atom. The quantitative estimate of drug-likeness (QED) is 0.810. The van der Waals surface area contributed by atoms with Gasteiger partial charge in [-0.15, -0.1) is 11.8 Å². The average Bonchev–Trinajstić information content (AvgIpc) is 2.49. The summed E-state index contributed by atoms with van der Waals surface area (Å²) in [5, 5.41) is 0.